The lowest BCUT2D eigenvalue weighted by Gasteiger charge is -2.53. The van der Waals surface area contributed by atoms with Crippen LogP contribution in [0.1, 0.15) is 73.4 Å². The topological polar surface area (TPSA) is 44.8 Å². The molecule has 2 saturated carbocycles. The zero-order valence-corrected chi connectivity index (χ0v) is 22.9. The van der Waals surface area contributed by atoms with Gasteiger partial charge in [-0.3, -0.25) is 9.18 Å². The number of halogens is 1. The molecule has 0 N–H and O–H groups in total. The molecule has 3 aliphatic rings. The molecular weight excluding hydrogens is 474 g/mol. The fourth-order valence-electron chi connectivity index (χ4n) is 7.80. The molecule has 4 nitrogen and oxygen atoms in total. The Balaban J connectivity index is 0.00000156. The van der Waals surface area contributed by atoms with Gasteiger partial charge < -0.3 is 14.0 Å². The van der Waals surface area contributed by atoms with Gasteiger partial charge in [-0.25, -0.2) is 0 Å². The molecule has 2 fully saturated rings. The number of ether oxygens (including phenoxy) is 2. The number of fused-ring (bicyclic) bond motifs is 5. The van der Waals surface area contributed by atoms with Gasteiger partial charge in [0, 0.05) is 6.07 Å². The van der Waals surface area contributed by atoms with Gasteiger partial charge in [0.2, 0.25) is 0 Å². The number of benzene rings is 2. The van der Waals surface area contributed by atoms with Crippen molar-refractivity contribution in [3.63, 3.8) is 0 Å². The maximum Gasteiger partial charge on any atom is 0.153 e. The first-order valence-corrected chi connectivity index (χ1v) is 13.5. The van der Waals surface area contributed by atoms with E-state index in [0.29, 0.717) is 48.3 Å². The SMILES string of the molecule is CF.[3H]POc1ccc2c(c1)C[C@@H](C)C1C2CCC2(C)C1CC[C@@H]2CCOc1ccc(C=O)c(OC)c1. The largest absolute Gasteiger partial charge is 0.496 e. The van der Waals surface area contributed by atoms with Crippen LogP contribution in [-0.2, 0) is 6.42 Å². The molecule has 3 aliphatic carbocycles. The summed E-state index contributed by atoms with van der Waals surface area (Å²) < 4.78 is 33.8. The van der Waals surface area contributed by atoms with E-state index < -0.39 is 0 Å². The normalized spacial score (nSPS) is 30.8. The second-order valence-corrected chi connectivity index (χ2v) is 11.1. The van der Waals surface area contributed by atoms with Crippen molar-refractivity contribution in [1.82, 2.24) is 0 Å². The van der Waals surface area contributed by atoms with Gasteiger partial charge >= 0.3 is 0 Å². The predicted octanol–water partition coefficient (Wildman–Crippen LogP) is 7.45. The minimum atomic E-state index is -0.255. The Morgan fingerprint density at radius 1 is 1.17 bits per heavy atom. The molecule has 0 radical (unpaired) electrons. The Labute approximate surface area is 218 Å². The molecule has 2 aromatic carbocycles. The van der Waals surface area contributed by atoms with E-state index in [1.165, 1.54) is 36.8 Å². The molecule has 0 aliphatic heterocycles. The van der Waals surface area contributed by atoms with E-state index in [4.69, 9.17) is 15.3 Å². The van der Waals surface area contributed by atoms with Gasteiger partial charge in [0.15, 0.2) is 6.29 Å². The van der Waals surface area contributed by atoms with Crippen molar-refractivity contribution in [3.8, 4) is 17.2 Å². The smallest absolute Gasteiger partial charge is 0.153 e. The summed E-state index contributed by atoms with van der Waals surface area (Å²) in [7, 11) is 1.83. The minimum absolute atomic E-state index is 0.255. The Morgan fingerprint density at radius 2 is 1.97 bits per heavy atom. The van der Waals surface area contributed by atoms with Crippen LogP contribution in [0.4, 0.5) is 4.39 Å². The lowest BCUT2D eigenvalue weighted by molar-refractivity contribution is 0.000928. The Bertz CT molecular complexity index is 1080. The second kappa shape index (κ2) is 11.5. The summed E-state index contributed by atoms with van der Waals surface area (Å²) in [5.41, 5.74) is 3.91. The van der Waals surface area contributed by atoms with Crippen LogP contribution in [0.15, 0.2) is 36.4 Å². The predicted molar refractivity (Wildman–Crippen MR) is 145 cm³/mol. The summed E-state index contributed by atoms with van der Waals surface area (Å²) in [6.07, 6.45) is 8.16. The van der Waals surface area contributed by atoms with E-state index in [1.807, 2.05) is 12.1 Å². The summed E-state index contributed by atoms with van der Waals surface area (Å²) in [6, 6.07) is 12.0. The highest BCUT2D eigenvalue weighted by Gasteiger charge is 2.55. The summed E-state index contributed by atoms with van der Waals surface area (Å²) in [5.74, 6) is 5.71. The van der Waals surface area contributed by atoms with Crippen molar-refractivity contribution in [3.05, 3.63) is 53.1 Å². The summed E-state index contributed by atoms with van der Waals surface area (Å²) in [6.45, 7) is 5.71. The molecule has 5 unspecified atom stereocenters. The molecular formula is C30H40FO4P. The molecule has 0 heterocycles. The molecule has 0 amide bonds. The molecule has 196 valence electrons. The van der Waals surface area contributed by atoms with Crippen LogP contribution >= 0.6 is 9.41 Å². The van der Waals surface area contributed by atoms with Crippen LogP contribution in [0.3, 0.4) is 0 Å². The maximum absolute atomic E-state index is 11.2. The third kappa shape index (κ3) is 4.88. The minimum Gasteiger partial charge on any atom is -0.496 e. The zero-order chi connectivity index (χ0) is 26.6. The number of aldehydes is 1. The highest BCUT2D eigenvalue weighted by molar-refractivity contribution is 7.10. The van der Waals surface area contributed by atoms with E-state index in [0.717, 1.165) is 42.5 Å². The first-order chi connectivity index (χ1) is 18.0. The van der Waals surface area contributed by atoms with E-state index in [2.05, 4.69) is 32.0 Å². The van der Waals surface area contributed by atoms with Crippen LogP contribution in [0.2, 0.25) is 0 Å². The van der Waals surface area contributed by atoms with Crippen molar-refractivity contribution in [2.75, 3.05) is 20.9 Å². The van der Waals surface area contributed by atoms with E-state index in [1.54, 1.807) is 13.2 Å². The second-order valence-electron chi connectivity index (χ2n) is 10.9. The molecule has 7 atom stereocenters. The number of carbonyl (C=O) groups excluding carboxylic acids is 1. The maximum atomic E-state index is 11.2. The van der Waals surface area contributed by atoms with Gasteiger partial charge in [0.05, 0.1) is 37.1 Å². The third-order valence-electron chi connectivity index (χ3n) is 9.43. The summed E-state index contributed by atoms with van der Waals surface area (Å²) in [4.78, 5) is 11.2. The molecule has 0 aromatic heterocycles. The van der Waals surface area contributed by atoms with Gasteiger partial charge in [-0.15, -0.1) is 0 Å². The van der Waals surface area contributed by atoms with Gasteiger partial charge in [0.1, 0.15) is 17.2 Å². The first-order valence-electron chi connectivity index (χ1n) is 13.6. The number of hydrogen-bond acceptors (Lipinski definition) is 4. The van der Waals surface area contributed by atoms with Gasteiger partial charge in [-0.1, -0.05) is 19.9 Å². The Hall–Kier alpha value is -2.13. The fourth-order valence-corrected chi connectivity index (χ4v) is 7.93. The van der Waals surface area contributed by atoms with Gasteiger partial charge in [-0.2, -0.15) is 0 Å². The van der Waals surface area contributed by atoms with E-state index in [9.17, 15) is 9.18 Å². The molecule has 0 saturated heterocycles. The van der Waals surface area contributed by atoms with Crippen molar-refractivity contribution in [2.45, 2.75) is 58.3 Å². The number of carbonyl (C=O) groups is 1. The molecule has 2 aromatic rings. The lowest BCUT2D eigenvalue weighted by Crippen LogP contribution is -2.45. The quantitative estimate of drug-likeness (QED) is 0.270. The number of methoxy groups -OCH3 is 1. The van der Waals surface area contributed by atoms with Crippen molar-refractivity contribution < 1.29 is 23.2 Å². The van der Waals surface area contributed by atoms with Crippen LogP contribution in [0.25, 0.3) is 0 Å². The molecule has 6 heteroatoms. The summed E-state index contributed by atoms with van der Waals surface area (Å²) in [5, 5.41) is 0. The lowest BCUT2D eigenvalue weighted by atomic mass is 9.51. The monoisotopic (exact) mass is 516 g/mol. The van der Waals surface area contributed by atoms with E-state index in [-0.39, 0.29) is 9.41 Å². The zero-order valence-electron chi connectivity index (χ0n) is 22.9. The number of hydrogen-bond donors (Lipinski definition) is 0. The third-order valence-corrected chi connectivity index (χ3v) is 9.66. The van der Waals surface area contributed by atoms with Crippen LogP contribution < -0.4 is 14.0 Å². The number of alkyl halides is 1. The average Bonchev–Trinajstić information content (AvgIpc) is 3.25. The molecule has 0 spiro atoms. The van der Waals surface area contributed by atoms with Gasteiger partial charge in [-0.05, 0) is 109 Å². The highest BCUT2D eigenvalue weighted by Crippen LogP contribution is 2.64. The molecule has 36 heavy (non-hydrogen) atoms. The van der Waals surface area contributed by atoms with Crippen LogP contribution in [0, 0.1) is 29.1 Å². The molecule has 0 bridgehead atoms. The van der Waals surface area contributed by atoms with Gasteiger partial charge in [0.25, 0.3) is 0 Å². The highest BCUT2D eigenvalue weighted by atomic mass is 31.0. The Kier molecular flexibility index (Phi) is 8.15. The first kappa shape index (κ1) is 25.5. The fraction of sp³-hybridized carbons (Fsp3) is 0.567. The van der Waals surface area contributed by atoms with Crippen LogP contribution in [-0.4, -0.2) is 28.5 Å². The van der Waals surface area contributed by atoms with Crippen LogP contribution in [0.5, 0.6) is 17.2 Å². The summed E-state index contributed by atoms with van der Waals surface area (Å²) >= 11 is 0. The number of rotatable bonds is 8. The van der Waals surface area contributed by atoms with Crippen molar-refractivity contribution in [1.29, 1.82) is 1.28 Å². The van der Waals surface area contributed by atoms with E-state index >= 15 is 0 Å². The average molecular weight is 517 g/mol. The van der Waals surface area contributed by atoms with Crippen molar-refractivity contribution in [2.24, 2.45) is 29.1 Å². The van der Waals surface area contributed by atoms with Crippen molar-refractivity contribution >= 4 is 15.7 Å². The molecule has 5 rings (SSSR count). The standard InChI is InChI=1S/C29H37O4P.CH3F/c1-18-14-20-15-23(33-34)7-8-24(20)25-10-12-29(2)21(5-9-26(29)28(18)25)11-13-32-22-6-4-19(17-30)27(16-22)31-3;1-2/h4,6-8,15-18,21,25-26,28H,5,9-14,34H2,1-3H3;1H3/t18-,21-,25?,26?,28?,29?;/m1./s1/i34T;/t18-,21-,25?,26?,28?,29?,34?;. The Morgan fingerprint density at radius 3 is 2.72 bits per heavy atom.